The zero-order valence-electron chi connectivity index (χ0n) is 14.5. The summed E-state index contributed by atoms with van der Waals surface area (Å²) in [6.45, 7) is 3.18. The number of nitrogens with one attached hydrogen (secondary N) is 1. The van der Waals surface area contributed by atoms with Gasteiger partial charge in [0.05, 0.1) is 6.04 Å². The van der Waals surface area contributed by atoms with E-state index in [0.29, 0.717) is 26.1 Å². The molecule has 5 nitrogen and oxygen atoms in total. The number of amides is 1. The van der Waals surface area contributed by atoms with Gasteiger partial charge in [-0.1, -0.05) is 31.2 Å². The molecule has 3 rings (SSSR count). The Morgan fingerprint density at radius 2 is 1.92 bits per heavy atom. The molecule has 2 aromatic carbocycles. The minimum atomic E-state index is -0.0450. The number of ether oxygens (including phenoxy) is 2. The summed E-state index contributed by atoms with van der Waals surface area (Å²) in [5.41, 5.74) is 8.70. The first-order valence-corrected chi connectivity index (χ1v) is 8.69. The van der Waals surface area contributed by atoms with Gasteiger partial charge < -0.3 is 20.5 Å². The van der Waals surface area contributed by atoms with E-state index in [0.717, 1.165) is 34.7 Å². The fourth-order valence-electron chi connectivity index (χ4n) is 2.97. The van der Waals surface area contributed by atoms with Gasteiger partial charge in [0.1, 0.15) is 13.2 Å². The third-order valence-corrected chi connectivity index (χ3v) is 4.39. The number of rotatable bonds is 6. The van der Waals surface area contributed by atoms with Gasteiger partial charge in [0.2, 0.25) is 5.91 Å². The average molecular weight is 340 g/mol. The van der Waals surface area contributed by atoms with E-state index in [-0.39, 0.29) is 11.9 Å². The molecule has 132 valence electrons. The molecule has 0 fully saturated rings. The largest absolute Gasteiger partial charge is 0.486 e. The topological polar surface area (TPSA) is 73.6 Å². The summed E-state index contributed by atoms with van der Waals surface area (Å²) >= 11 is 0. The van der Waals surface area contributed by atoms with Crippen molar-refractivity contribution in [2.75, 3.05) is 18.9 Å². The lowest BCUT2D eigenvalue weighted by atomic mass is 10.0. The number of aryl methyl sites for hydroxylation is 1. The van der Waals surface area contributed by atoms with Crippen molar-refractivity contribution < 1.29 is 14.3 Å². The number of nitrogen functional groups attached to an aromatic ring is 1. The lowest BCUT2D eigenvalue weighted by Gasteiger charge is -2.22. The first kappa shape index (κ1) is 17.1. The third-order valence-electron chi connectivity index (χ3n) is 4.39. The van der Waals surface area contributed by atoms with Crippen LogP contribution in [0, 0.1) is 0 Å². The monoisotopic (exact) mass is 340 g/mol. The lowest BCUT2D eigenvalue weighted by molar-refractivity contribution is -0.121. The van der Waals surface area contributed by atoms with Crippen molar-refractivity contribution in [1.29, 1.82) is 0 Å². The predicted octanol–water partition coefficient (Wildman–Crippen LogP) is 3.24. The molecule has 1 unspecified atom stereocenters. The number of nitrogens with two attached hydrogens (primary N) is 1. The molecule has 0 aliphatic carbocycles. The molecule has 0 saturated carbocycles. The van der Waals surface area contributed by atoms with Crippen LogP contribution in [-0.4, -0.2) is 19.1 Å². The Balaban J connectivity index is 1.61. The Labute approximate surface area is 148 Å². The molecule has 5 heteroatoms. The van der Waals surface area contributed by atoms with E-state index in [1.807, 2.05) is 42.5 Å². The van der Waals surface area contributed by atoms with E-state index in [1.54, 1.807) is 0 Å². The van der Waals surface area contributed by atoms with E-state index in [2.05, 4.69) is 12.2 Å². The van der Waals surface area contributed by atoms with Crippen molar-refractivity contribution in [3.63, 3.8) is 0 Å². The van der Waals surface area contributed by atoms with Gasteiger partial charge in [-0.2, -0.15) is 0 Å². The zero-order chi connectivity index (χ0) is 17.6. The summed E-state index contributed by atoms with van der Waals surface area (Å²) in [7, 11) is 0. The highest BCUT2D eigenvalue weighted by molar-refractivity contribution is 5.77. The van der Waals surface area contributed by atoms with Crippen molar-refractivity contribution >= 4 is 11.6 Å². The molecule has 0 radical (unpaired) electrons. The van der Waals surface area contributed by atoms with Crippen molar-refractivity contribution in [3.05, 3.63) is 53.6 Å². The number of carbonyl (C=O) groups is 1. The van der Waals surface area contributed by atoms with Crippen LogP contribution in [0.25, 0.3) is 0 Å². The van der Waals surface area contributed by atoms with Gasteiger partial charge in [0.15, 0.2) is 11.5 Å². The van der Waals surface area contributed by atoms with Gasteiger partial charge in [-0.15, -0.1) is 0 Å². The number of para-hydroxylation sites is 1. The third kappa shape index (κ3) is 4.24. The first-order valence-electron chi connectivity index (χ1n) is 8.69. The predicted molar refractivity (Wildman–Crippen MR) is 97.8 cm³/mol. The zero-order valence-corrected chi connectivity index (χ0v) is 14.5. The number of fused-ring (bicyclic) bond motifs is 1. The van der Waals surface area contributed by atoms with Crippen molar-refractivity contribution in [2.24, 2.45) is 0 Å². The second-order valence-electron chi connectivity index (χ2n) is 6.13. The number of carbonyl (C=O) groups excluding carboxylic acids is 1. The molecular formula is C20H24N2O3. The fourth-order valence-corrected chi connectivity index (χ4v) is 2.97. The van der Waals surface area contributed by atoms with E-state index < -0.39 is 0 Å². The molecule has 3 N–H and O–H groups in total. The molecule has 0 aromatic heterocycles. The second kappa shape index (κ2) is 7.92. The van der Waals surface area contributed by atoms with Crippen LogP contribution >= 0.6 is 0 Å². The molecule has 1 aliphatic heterocycles. The highest BCUT2D eigenvalue weighted by Crippen LogP contribution is 2.33. The Morgan fingerprint density at radius 1 is 1.16 bits per heavy atom. The minimum Gasteiger partial charge on any atom is -0.486 e. The highest BCUT2D eigenvalue weighted by atomic mass is 16.6. The van der Waals surface area contributed by atoms with Gasteiger partial charge >= 0.3 is 0 Å². The van der Waals surface area contributed by atoms with Gasteiger partial charge in [-0.25, -0.2) is 0 Å². The van der Waals surface area contributed by atoms with Crippen LogP contribution in [0.15, 0.2) is 42.5 Å². The van der Waals surface area contributed by atoms with Gasteiger partial charge in [0, 0.05) is 12.1 Å². The van der Waals surface area contributed by atoms with E-state index in [9.17, 15) is 4.79 Å². The lowest BCUT2D eigenvalue weighted by Crippen LogP contribution is -2.28. The minimum absolute atomic E-state index is 0.0185. The SMILES string of the molecule is CCC(NC(=O)CCc1ccccc1N)c1ccc2c(c1)OCCO2. The van der Waals surface area contributed by atoms with Crippen LogP contribution in [0.4, 0.5) is 5.69 Å². The Kier molecular flexibility index (Phi) is 5.43. The second-order valence-corrected chi connectivity index (χ2v) is 6.13. The highest BCUT2D eigenvalue weighted by Gasteiger charge is 2.17. The number of hydrogen-bond acceptors (Lipinski definition) is 4. The Bertz CT molecular complexity index is 745. The van der Waals surface area contributed by atoms with E-state index in [1.165, 1.54) is 0 Å². The van der Waals surface area contributed by atoms with Crippen molar-refractivity contribution in [3.8, 4) is 11.5 Å². The molecule has 0 spiro atoms. The number of anilines is 1. The van der Waals surface area contributed by atoms with Gasteiger partial charge in [0.25, 0.3) is 0 Å². The molecule has 1 aliphatic rings. The summed E-state index contributed by atoms with van der Waals surface area (Å²) < 4.78 is 11.2. The normalized spacial score (nSPS) is 14.0. The Hall–Kier alpha value is -2.69. The molecule has 1 heterocycles. The van der Waals surface area contributed by atoms with Crippen molar-refractivity contribution in [2.45, 2.75) is 32.2 Å². The molecule has 1 amide bonds. The summed E-state index contributed by atoms with van der Waals surface area (Å²) in [5.74, 6) is 1.52. The molecule has 0 saturated heterocycles. The van der Waals surface area contributed by atoms with Crippen LogP contribution in [0.5, 0.6) is 11.5 Å². The molecule has 2 aromatic rings. The molecule has 25 heavy (non-hydrogen) atoms. The first-order chi connectivity index (χ1) is 12.2. The summed E-state index contributed by atoms with van der Waals surface area (Å²) in [6, 6.07) is 13.5. The maximum atomic E-state index is 12.4. The average Bonchev–Trinajstić information content (AvgIpc) is 2.65. The summed E-state index contributed by atoms with van der Waals surface area (Å²) in [6.07, 6.45) is 1.85. The van der Waals surface area contributed by atoms with Crippen molar-refractivity contribution in [1.82, 2.24) is 5.32 Å². The maximum Gasteiger partial charge on any atom is 0.220 e. The fraction of sp³-hybridized carbons (Fsp3) is 0.350. The van der Waals surface area contributed by atoms with E-state index >= 15 is 0 Å². The molecular weight excluding hydrogens is 316 g/mol. The Morgan fingerprint density at radius 3 is 2.68 bits per heavy atom. The quantitative estimate of drug-likeness (QED) is 0.792. The number of hydrogen-bond donors (Lipinski definition) is 2. The van der Waals surface area contributed by atoms with Crippen LogP contribution in [0.2, 0.25) is 0 Å². The van der Waals surface area contributed by atoms with Crippen LogP contribution in [-0.2, 0) is 11.2 Å². The van der Waals surface area contributed by atoms with Gasteiger partial charge in [-0.3, -0.25) is 4.79 Å². The van der Waals surface area contributed by atoms with Crippen LogP contribution < -0.4 is 20.5 Å². The summed E-state index contributed by atoms with van der Waals surface area (Å²) in [5, 5.41) is 3.10. The number of benzene rings is 2. The standard InChI is InChI=1S/C20H24N2O3/c1-2-17(15-7-9-18-19(13-15)25-12-11-24-18)22-20(23)10-8-14-5-3-4-6-16(14)21/h3-7,9,13,17H,2,8,10-12,21H2,1H3,(H,22,23). The molecule has 0 bridgehead atoms. The van der Waals surface area contributed by atoms with Crippen LogP contribution in [0.3, 0.4) is 0 Å². The maximum absolute atomic E-state index is 12.4. The van der Waals surface area contributed by atoms with Gasteiger partial charge in [-0.05, 0) is 42.2 Å². The van der Waals surface area contributed by atoms with Crippen LogP contribution in [0.1, 0.15) is 36.9 Å². The van der Waals surface area contributed by atoms with E-state index in [4.69, 9.17) is 15.2 Å². The smallest absolute Gasteiger partial charge is 0.220 e. The molecule has 1 atom stereocenters. The summed E-state index contributed by atoms with van der Waals surface area (Å²) in [4.78, 5) is 12.4.